The highest BCUT2D eigenvalue weighted by Gasteiger charge is 2.58. The van der Waals surface area contributed by atoms with Gasteiger partial charge in [-0.3, -0.25) is 0 Å². The lowest BCUT2D eigenvalue weighted by Gasteiger charge is -2.34. The van der Waals surface area contributed by atoms with Crippen LogP contribution >= 0.6 is 0 Å². The number of hydrogen-bond acceptors (Lipinski definition) is 1. The van der Waals surface area contributed by atoms with Gasteiger partial charge >= 0.3 is 6.18 Å². The van der Waals surface area contributed by atoms with Gasteiger partial charge < -0.3 is 4.74 Å². The fourth-order valence-electron chi connectivity index (χ4n) is 1.04. The van der Waals surface area contributed by atoms with Crippen LogP contribution in [0.25, 0.3) is 0 Å². The van der Waals surface area contributed by atoms with Crippen LogP contribution in [0, 0.1) is 0 Å². The van der Waals surface area contributed by atoms with Crippen molar-refractivity contribution in [1.82, 2.24) is 0 Å². The molecule has 0 aliphatic carbocycles. The van der Waals surface area contributed by atoms with E-state index >= 15 is 0 Å². The second kappa shape index (κ2) is 3.56. The summed E-state index contributed by atoms with van der Waals surface area (Å²) in [5.74, 6) is 0. The van der Waals surface area contributed by atoms with Crippen molar-refractivity contribution in [1.29, 1.82) is 0 Å². The summed E-state index contributed by atoms with van der Waals surface area (Å²) >= 11 is 0. The summed E-state index contributed by atoms with van der Waals surface area (Å²) < 4.78 is 88.4. The summed E-state index contributed by atoms with van der Waals surface area (Å²) in [6.07, 6.45) is -21.0. The monoisotopic (exact) mass is 226 g/mol. The molecule has 0 N–H and O–H groups in total. The zero-order chi connectivity index (χ0) is 11.1. The van der Waals surface area contributed by atoms with Crippen LogP contribution in [0.15, 0.2) is 0 Å². The first kappa shape index (κ1) is 11.5. The Hall–Kier alpha value is -0.530. The van der Waals surface area contributed by atoms with E-state index in [4.69, 9.17) is 0 Å². The molecular weight excluding hydrogens is 221 g/mol. The molecule has 1 saturated heterocycles. The van der Waals surface area contributed by atoms with Crippen LogP contribution in [0.5, 0.6) is 0 Å². The highest BCUT2D eigenvalue weighted by Crippen LogP contribution is 2.36. The summed E-state index contributed by atoms with van der Waals surface area (Å²) in [7, 11) is 0. The number of alkyl halides is 7. The van der Waals surface area contributed by atoms with Crippen molar-refractivity contribution in [2.45, 2.75) is 37.2 Å². The number of ether oxygens (including phenoxy) is 1. The molecule has 0 saturated carbocycles. The second-order valence-corrected chi connectivity index (χ2v) is 2.78. The van der Waals surface area contributed by atoms with Crippen LogP contribution in [-0.4, -0.2) is 37.2 Å². The number of hydrogen-bond donors (Lipinski definition) is 0. The molecule has 1 aliphatic rings. The van der Waals surface area contributed by atoms with Gasteiger partial charge in [-0.2, -0.15) is 13.2 Å². The Labute approximate surface area is 73.8 Å². The summed E-state index contributed by atoms with van der Waals surface area (Å²) in [6, 6.07) is 0. The Morgan fingerprint density at radius 1 is 0.786 bits per heavy atom. The lowest BCUT2D eigenvalue weighted by atomic mass is 10.0. The highest BCUT2D eigenvalue weighted by molar-refractivity contribution is 4.92. The van der Waals surface area contributed by atoms with E-state index in [1.54, 1.807) is 0 Å². The molecule has 1 nitrogen and oxygen atoms in total. The fourth-order valence-corrected chi connectivity index (χ4v) is 1.04. The van der Waals surface area contributed by atoms with Gasteiger partial charge in [0.05, 0.1) is 0 Å². The Kier molecular flexibility index (Phi) is 2.93. The van der Waals surface area contributed by atoms with Gasteiger partial charge in [-0.05, 0) is 0 Å². The van der Waals surface area contributed by atoms with Crippen molar-refractivity contribution in [3.05, 3.63) is 0 Å². The molecule has 0 aromatic heterocycles. The Morgan fingerprint density at radius 3 is 1.71 bits per heavy atom. The minimum absolute atomic E-state index is 3.02. The van der Waals surface area contributed by atoms with Gasteiger partial charge in [0.15, 0.2) is 24.6 Å². The van der Waals surface area contributed by atoms with Gasteiger partial charge in [-0.1, -0.05) is 0 Å². The maximum atomic E-state index is 12.5. The molecule has 1 rings (SSSR count). The minimum Gasteiger partial charge on any atom is -0.330 e. The Bertz CT molecular complexity index is 205. The molecular formula is C6H5F7O. The molecule has 8 heteroatoms. The summed E-state index contributed by atoms with van der Waals surface area (Å²) in [5.41, 5.74) is 0. The summed E-state index contributed by atoms with van der Waals surface area (Å²) in [4.78, 5) is 0. The molecule has 0 radical (unpaired) electrons. The smallest absolute Gasteiger partial charge is 0.330 e. The van der Waals surface area contributed by atoms with Crippen molar-refractivity contribution >= 4 is 0 Å². The standard InChI is InChI=1S/C6H5F7O/c7-1-2(8)4(6(11,12)13)14-5(10)3(1)9/h1-5H. The lowest BCUT2D eigenvalue weighted by Crippen LogP contribution is -2.56. The molecule has 1 fully saturated rings. The third-order valence-electron chi connectivity index (χ3n) is 1.75. The molecule has 1 aliphatic heterocycles. The van der Waals surface area contributed by atoms with E-state index in [9.17, 15) is 30.7 Å². The Morgan fingerprint density at radius 2 is 1.29 bits per heavy atom. The quantitative estimate of drug-likeness (QED) is 0.575. The predicted molar refractivity (Wildman–Crippen MR) is 30.5 cm³/mol. The third-order valence-corrected chi connectivity index (χ3v) is 1.75. The van der Waals surface area contributed by atoms with Crippen LogP contribution in [0.1, 0.15) is 0 Å². The van der Waals surface area contributed by atoms with E-state index in [0.717, 1.165) is 0 Å². The van der Waals surface area contributed by atoms with Crippen molar-refractivity contribution in [2.75, 3.05) is 0 Å². The van der Waals surface area contributed by atoms with E-state index < -0.39 is 37.2 Å². The largest absolute Gasteiger partial charge is 0.417 e. The average molecular weight is 226 g/mol. The molecule has 84 valence electrons. The van der Waals surface area contributed by atoms with E-state index in [1.165, 1.54) is 0 Å². The number of halogens is 7. The molecule has 0 amide bonds. The van der Waals surface area contributed by atoms with E-state index in [0.29, 0.717) is 0 Å². The van der Waals surface area contributed by atoms with Crippen LogP contribution in [-0.2, 0) is 4.74 Å². The molecule has 5 atom stereocenters. The topological polar surface area (TPSA) is 9.23 Å². The normalized spacial score (nSPS) is 45.2. The molecule has 0 spiro atoms. The van der Waals surface area contributed by atoms with Crippen molar-refractivity contribution in [3.8, 4) is 0 Å². The SMILES string of the molecule is FC1OC(C(F)(F)F)C(F)C(F)C1F. The van der Waals surface area contributed by atoms with Gasteiger partial charge in [-0.25, -0.2) is 17.6 Å². The lowest BCUT2D eigenvalue weighted by molar-refractivity contribution is -0.305. The highest BCUT2D eigenvalue weighted by atomic mass is 19.4. The molecule has 0 bridgehead atoms. The summed E-state index contributed by atoms with van der Waals surface area (Å²) in [5, 5.41) is 0. The minimum atomic E-state index is -5.26. The maximum Gasteiger partial charge on any atom is 0.417 e. The first-order valence-electron chi connectivity index (χ1n) is 3.53. The van der Waals surface area contributed by atoms with Crippen LogP contribution in [0.3, 0.4) is 0 Å². The van der Waals surface area contributed by atoms with Crippen LogP contribution in [0.4, 0.5) is 30.7 Å². The van der Waals surface area contributed by atoms with Gasteiger partial charge in [0.2, 0.25) is 6.36 Å². The molecule has 1 heterocycles. The fraction of sp³-hybridized carbons (Fsp3) is 1.00. The van der Waals surface area contributed by atoms with Crippen LogP contribution < -0.4 is 0 Å². The predicted octanol–water partition coefficient (Wildman–Crippen LogP) is 2.26. The molecule has 14 heavy (non-hydrogen) atoms. The van der Waals surface area contributed by atoms with Gasteiger partial charge in [-0.15, -0.1) is 0 Å². The number of rotatable bonds is 0. The van der Waals surface area contributed by atoms with Crippen molar-refractivity contribution in [3.63, 3.8) is 0 Å². The van der Waals surface area contributed by atoms with Crippen molar-refractivity contribution in [2.24, 2.45) is 0 Å². The van der Waals surface area contributed by atoms with Gasteiger partial charge in [0.1, 0.15) is 0 Å². The molecule has 0 aromatic rings. The van der Waals surface area contributed by atoms with Gasteiger partial charge in [0, 0.05) is 0 Å². The first-order valence-corrected chi connectivity index (χ1v) is 3.53. The average Bonchev–Trinajstić information content (AvgIpc) is 2.06. The van der Waals surface area contributed by atoms with Gasteiger partial charge in [0.25, 0.3) is 0 Å². The van der Waals surface area contributed by atoms with Crippen molar-refractivity contribution < 1.29 is 35.5 Å². The molecule has 5 unspecified atom stereocenters. The second-order valence-electron chi connectivity index (χ2n) is 2.78. The maximum absolute atomic E-state index is 12.5. The zero-order valence-corrected chi connectivity index (χ0v) is 6.44. The zero-order valence-electron chi connectivity index (χ0n) is 6.44. The third kappa shape index (κ3) is 1.94. The van der Waals surface area contributed by atoms with E-state index in [-0.39, 0.29) is 0 Å². The summed E-state index contributed by atoms with van der Waals surface area (Å²) in [6.45, 7) is 0. The van der Waals surface area contributed by atoms with Crippen LogP contribution in [0.2, 0.25) is 0 Å². The van der Waals surface area contributed by atoms with E-state index in [1.807, 2.05) is 0 Å². The Balaban J connectivity index is 2.81. The first-order chi connectivity index (χ1) is 6.25. The molecule has 0 aromatic carbocycles. The van der Waals surface area contributed by atoms with E-state index in [2.05, 4.69) is 4.74 Å².